The van der Waals surface area contributed by atoms with Gasteiger partial charge >= 0.3 is 5.97 Å². The van der Waals surface area contributed by atoms with Crippen LogP contribution in [0, 0.1) is 5.82 Å². The molecule has 8 heteroatoms. The molecule has 24 heavy (non-hydrogen) atoms. The summed E-state index contributed by atoms with van der Waals surface area (Å²) in [6.07, 6.45) is 6.28. The lowest BCUT2D eigenvalue weighted by Gasteiger charge is -2.09. The molecule has 0 saturated carbocycles. The number of rotatable bonds is 4. The first-order valence-electron chi connectivity index (χ1n) is 6.92. The van der Waals surface area contributed by atoms with Crippen molar-refractivity contribution < 1.29 is 23.6 Å². The van der Waals surface area contributed by atoms with E-state index in [-0.39, 0.29) is 29.3 Å². The van der Waals surface area contributed by atoms with Gasteiger partial charge in [-0.25, -0.2) is 13.6 Å². The summed E-state index contributed by atoms with van der Waals surface area (Å²) in [5.74, 6) is 2.67. The highest BCUT2D eigenvalue weighted by atomic mass is 19.1. The molecule has 0 fully saturated rings. The van der Waals surface area contributed by atoms with Crippen LogP contribution in [-0.4, -0.2) is 23.6 Å². The fourth-order valence-electron chi connectivity index (χ4n) is 2.02. The van der Waals surface area contributed by atoms with E-state index in [0.29, 0.717) is 6.42 Å². The van der Waals surface area contributed by atoms with Crippen LogP contribution in [0.5, 0.6) is 0 Å². The molecule has 0 amide bonds. The number of carbonyl (C=O) groups excluding carboxylic acids is 1. The molecular weight excluding hydrogens is 320 g/mol. The number of nitrogens with zero attached hydrogens (tertiary/aromatic N) is 1. The van der Waals surface area contributed by atoms with Crippen molar-refractivity contribution in [2.75, 3.05) is 6.54 Å². The summed E-state index contributed by atoms with van der Waals surface area (Å²) >= 11 is 0. The van der Waals surface area contributed by atoms with E-state index < -0.39 is 11.8 Å². The van der Waals surface area contributed by atoms with E-state index in [9.17, 15) is 18.8 Å². The van der Waals surface area contributed by atoms with Crippen molar-refractivity contribution in [1.82, 2.24) is 5.48 Å². The second-order valence-electron chi connectivity index (χ2n) is 4.86. The van der Waals surface area contributed by atoms with Crippen molar-refractivity contribution >= 4 is 11.8 Å². The number of nitrogens with one attached hydrogen (secondary N) is 1. The van der Waals surface area contributed by atoms with Gasteiger partial charge in [-0.2, -0.15) is 5.90 Å². The molecule has 1 aliphatic carbocycles. The third-order valence-corrected chi connectivity index (χ3v) is 3.25. The Bertz CT molecular complexity index is 755. The first-order valence-corrected chi connectivity index (χ1v) is 6.92. The molecular formula is C16H15F2N3O3. The van der Waals surface area contributed by atoms with Crippen molar-refractivity contribution in [2.24, 2.45) is 10.9 Å². The summed E-state index contributed by atoms with van der Waals surface area (Å²) in [6, 6.07) is 3.36. The quantitative estimate of drug-likeness (QED) is 0.446. The van der Waals surface area contributed by atoms with E-state index in [1.807, 2.05) is 0 Å². The normalized spacial score (nSPS) is 14.6. The smallest absolute Gasteiger partial charge is 0.356 e. The zero-order chi connectivity index (χ0) is 17.5. The lowest BCUT2D eigenvalue weighted by molar-refractivity contribution is 0.0503. The molecule has 0 aliphatic heterocycles. The number of hydroxylamine groups is 1. The number of hydrogen-bond donors (Lipinski definition) is 3. The predicted octanol–water partition coefficient (Wildman–Crippen LogP) is 2.32. The standard InChI is InChI=1S/C16H15F2N3O3/c17-12-3-1-2-10(4-6-12)9-20-15(21-23)13-8-11(16(22)24-19)5-7-14(13)18/h1,3-8,23H,2,9,19H2,(H,20,21). The first kappa shape index (κ1) is 17.5. The highest BCUT2D eigenvalue weighted by Crippen LogP contribution is 2.15. The minimum Gasteiger partial charge on any atom is -0.370 e. The van der Waals surface area contributed by atoms with Gasteiger partial charge in [-0.05, 0) is 42.3 Å². The number of halogens is 2. The number of hydrogen-bond acceptors (Lipinski definition) is 5. The molecule has 4 N–H and O–H groups in total. The second-order valence-corrected chi connectivity index (χ2v) is 4.86. The maximum absolute atomic E-state index is 14.0. The van der Waals surface area contributed by atoms with Crippen LogP contribution in [0.2, 0.25) is 0 Å². The van der Waals surface area contributed by atoms with Gasteiger partial charge < -0.3 is 4.84 Å². The Labute approximate surface area is 136 Å². The SMILES string of the molecule is NOC(=O)c1ccc(F)c(C(=NCC2=CC=C(F)C=CC2)NO)c1. The number of allylic oxidation sites excluding steroid dienone is 5. The van der Waals surface area contributed by atoms with E-state index in [2.05, 4.69) is 9.83 Å². The van der Waals surface area contributed by atoms with Crippen LogP contribution in [0.1, 0.15) is 22.3 Å². The molecule has 0 bridgehead atoms. The molecule has 1 aliphatic rings. The van der Waals surface area contributed by atoms with Crippen LogP contribution in [0.4, 0.5) is 8.78 Å². The average molecular weight is 335 g/mol. The summed E-state index contributed by atoms with van der Waals surface area (Å²) < 4.78 is 27.0. The number of carbonyl (C=O) groups is 1. The van der Waals surface area contributed by atoms with Crippen molar-refractivity contribution in [3.8, 4) is 0 Å². The molecule has 2 rings (SSSR count). The van der Waals surface area contributed by atoms with Gasteiger partial charge in [-0.1, -0.05) is 12.2 Å². The van der Waals surface area contributed by atoms with Gasteiger partial charge in [-0.3, -0.25) is 15.7 Å². The van der Waals surface area contributed by atoms with E-state index in [0.717, 1.165) is 17.7 Å². The third kappa shape index (κ3) is 4.34. The van der Waals surface area contributed by atoms with Gasteiger partial charge in [0.25, 0.3) is 0 Å². The largest absolute Gasteiger partial charge is 0.370 e. The van der Waals surface area contributed by atoms with E-state index >= 15 is 0 Å². The summed E-state index contributed by atoms with van der Waals surface area (Å²) in [6.45, 7) is 0.0992. The summed E-state index contributed by atoms with van der Waals surface area (Å²) in [7, 11) is 0. The maximum Gasteiger partial charge on any atom is 0.356 e. The molecule has 126 valence electrons. The Morgan fingerprint density at radius 1 is 1.38 bits per heavy atom. The average Bonchev–Trinajstić information content (AvgIpc) is 2.80. The van der Waals surface area contributed by atoms with Crippen LogP contribution in [0.15, 0.2) is 58.9 Å². The second kappa shape index (κ2) is 8.14. The molecule has 0 spiro atoms. The highest BCUT2D eigenvalue weighted by Gasteiger charge is 2.14. The Kier molecular flexibility index (Phi) is 5.94. The van der Waals surface area contributed by atoms with Gasteiger partial charge in [0.2, 0.25) is 0 Å². The van der Waals surface area contributed by atoms with Crippen molar-refractivity contribution in [3.63, 3.8) is 0 Å². The molecule has 0 saturated heterocycles. The first-order chi connectivity index (χ1) is 11.5. The van der Waals surface area contributed by atoms with E-state index in [1.54, 1.807) is 17.6 Å². The third-order valence-electron chi connectivity index (χ3n) is 3.25. The van der Waals surface area contributed by atoms with Gasteiger partial charge in [-0.15, -0.1) is 0 Å². The number of aliphatic imine (C=N–C) groups is 1. The van der Waals surface area contributed by atoms with Crippen LogP contribution in [-0.2, 0) is 4.84 Å². The number of benzene rings is 1. The number of amidine groups is 1. The summed E-state index contributed by atoms with van der Waals surface area (Å²) in [4.78, 5) is 19.6. The summed E-state index contributed by atoms with van der Waals surface area (Å²) in [5, 5.41) is 9.22. The Balaban J connectivity index is 2.28. The number of nitrogens with two attached hydrogens (primary N) is 1. The van der Waals surface area contributed by atoms with Crippen molar-refractivity contribution in [3.05, 3.63) is 70.8 Å². The van der Waals surface area contributed by atoms with Gasteiger partial charge in [0.05, 0.1) is 17.7 Å². The maximum atomic E-state index is 14.0. The zero-order valence-electron chi connectivity index (χ0n) is 12.5. The molecule has 0 aromatic heterocycles. The molecule has 1 aromatic rings. The van der Waals surface area contributed by atoms with Crippen LogP contribution < -0.4 is 11.4 Å². The van der Waals surface area contributed by atoms with Crippen molar-refractivity contribution in [1.29, 1.82) is 0 Å². The van der Waals surface area contributed by atoms with Crippen LogP contribution in [0.25, 0.3) is 0 Å². The Morgan fingerprint density at radius 3 is 2.88 bits per heavy atom. The fourth-order valence-corrected chi connectivity index (χ4v) is 2.02. The Morgan fingerprint density at radius 2 is 2.17 bits per heavy atom. The minimum atomic E-state index is -0.856. The van der Waals surface area contributed by atoms with Crippen LogP contribution in [0.3, 0.4) is 0 Å². The molecule has 0 unspecified atom stereocenters. The molecule has 1 aromatic carbocycles. The monoisotopic (exact) mass is 335 g/mol. The fraction of sp³-hybridized carbons (Fsp3) is 0.125. The predicted molar refractivity (Wildman–Crippen MR) is 83.4 cm³/mol. The lowest BCUT2D eigenvalue weighted by atomic mass is 10.1. The molecule has 6 nitrogen and oxygen atoms in total. The molecule has 0 atom stereocenters. The summed E-state index contributed by atoms with van der Waals surface area (Å²) in [5.41, 5.74) is 2.42. The highest BCUT2D eigenvalue weighted by molar-refractivity contribution is 6.00. The molecule has 0 heterocycles. The Hall–Kier alpha value is -2.84. The zero-order valence-corrected chi connectivity index (χ0v) is 12.5. The lowest BCUT2D eigenvalue weighted by Crippen LogP contribution is -2.23. The van der Waals surface area contributed by atoms with E-state index in [1.165, 1.54) is 18.2 Å². The van der Waals surface area contributed by atoms with E-state index in [4.69, 9.17) is 5.90 Å². The van der Waals surface area contributed by atoms with Gasteiger partial charge in [0.15, 0.2) is 5.84 Å². The molecule has 0 radical (unpaired) electrons. The minimum absolute atomic E-state index is 0.00142. The van der Waals surface area contributed by atoms with Gasteiger partial charge in [0.1, 0.15) is 11.6 Å². The van der Waals surface area contributed by atoms with Crippen LogP contribution >= 0.6 is 0 Å². The topological polar surface area (TPSA) is 96.9 Å². The van der Waals surface area contributed by atoms with Crippen molar-refractivity contribution in [2.45, 2.75) is 6.42 Å². The van der Waals surface area contributed by atoms with Gasteiger partial charge in [0, 0.05) is 0 Å².